The largest absolute Gasteiger partial charge is 0.472 e. The molecule has 0 radical (unpaired) electrons. The molecule has 7 heteroatoms. The Morgan fingerprint density at radius 3 is 2.73 bits per heavy atom. The van der Waals surface area contributed by atoms with Gasteiger partial charge in [-0.1, -0.05) is 18.2 Å². The smallest absolute Gasteiger partial charge is 0.247 e. The van der Waals surface area contributed by atoms with Gasteiger partial charge < -0.3 is 9.15 Å². The molecule has 1 aliphatic rings. The Kier molecular flexibility index (Phi) is 4.38. The molecule has 0 amide bonds. The van der Waals surface area contributed by atoms with E-state index in [-0.39, 0.29) is 6.10 Å². The van der Waals surface area contributed by atoms with E-state index in [2.05, 4.69) is 25.1 Å². The van der Waals surface area contributed by atoms with E-state index in [1.54, 1.807) is 0 Å². The second kappa shape index (κ2) is 6.84. The van der Waals surface area contributed by atoms with Crippen LogP contribution in [0.25, 0.3) is 11.5 Å². The Morgan fingerprint density at radius 1 is 1.12 bits per heavy atom. The molecule has 0 saturated carbocycles. The molecule has 0 aliphatic carbocycles. The van der Waals surface area contributed by atoms with E-state index in [1.807, 2.05) is 51.2 Å². The Bertz CT molecular complexity index is 910. The van der Waals surface area contributed by atoms with Crippen LogP contribution in [0.5, 0.6) is 5.88 Å². The van der Waals surface area contributed by atoms with E-state index >= 15 is 0 Å². The molecule has 7 nitrogen and oxygen atoms in total. The minimum Gasteiger partial charge on any atom is -0.472 e. The molecule has 2 aromatic heterocycles. The van der Waals surface area contributed by atoms with Crippen LogP contribution in [0.2, 0.25) is 0 Å². The van der Waals surface area contributed by atoms with Gasteiger partial charge in [0.2, 0.25) is 17.7 Å². The number of hydrogen-bond donors (Lipinski definition) is 0. The van der Waals surface area contributed by atoms with Gasteiger partial charge in [0.05, 0.1) is 6.54 Å². The van der Waals surface area contributed by atoms with E-state index in [9.17, 15) is 0 Å². The zero-order chi connectivity index (χ0) is 18.1. The highest BCUT2D eigenvalue weighted by Gasteiger charge is 2.28. The molecule has 26 heavy (non-hydrogen) atoms. The molecule has 1 aromatic carbocycles. The summed E-state index contributed by atoms with van der Waals surface area (Å²) in [6, 6.07) is 9.77. The summed E-state index contributed by atoms with van der Waals surface area (Å²) in [5, 5.41) is 8.28. The summed E-state index contributed by atoms with van der Waals surface area (Å²) >= 11 is 0. The van der Waals surface area contributed by atoms with Crippen molar-refractivity contribution in [3.05, 3.63) is 53.3 Å². The van der Waals surface area contributed by atoms with Crippen molar-refractivity contribution in [3.8, 4) is 17.3 Å². The predicted molar refractivity (Wildman–Crippen MR) is 95.7 cm³/mol. The fourth-order valence-electron chi connectivity index (χ4n) is 3.22. The van der Waals surface area contributed by atoms with Gasteiger partial charge in [0, 0.05) is 29.8 Å². The fourth-order valence-corrected chi connectivity index (χ4v) is 3.22. The number of ether oxygens (including phenoxy) is 1. The third-order valence-corrected chi connectivity index (χ3v) is 4.41. The number of nitrogens with zero attached hydrogens (tertiary/aromatic N) is 5. The first-order valence-electron chi connectivity index (χ1n) is 8.65. The van der Waals surface area contributed by atoms with E-state index in [0.29, 0.717) is 18.3 Å². The van der Waals surface area contributed by atoms with Crippen molar-refractivity contribution < 1.29 is 9.15 Å². The predicted octanol–water partition coefficient (Wildman–Crippen LogP) is 2.58. The van der Waals surface area contributed by atoms with Gasteiger partial charge >= 0.3 is 0 Å². The van der Waals surface area contributed by atoms with Gasteiger partial charge in [-0.25, -0.2) is 4.98 Å². The molecule has 0 N–H and O–H groups in total. The van der Waals surface area contributed by atoms with Gasteiger partial charge in [-0.15, -0.1) is 10.2 Å². The van der Waals surface area contributed by atoms with Crippen molar-refractivity contribution in [2.24, 2.45) is 0 Å². The lowest BCUT2D eigenvalue weighted by Crippen LogP contribution is -2.31. The summed E-state index contributed by atoms with van der Waals surface area (Å²) in [5.74, 6) is 2.60. The zero-order valence-electron chi connectivity index (χ0n) is 15.1. The minimum atomic E-state index is 0.0568. The van der Waals surface area contributed by atoms with Crippen molar-refractivity contribution in [3.63, 3.8) is 0 Å². The average molecular weight is 351 g/mol. The second-order valence-corrected chi connectivity index (χ2v) is 6.65. The Hall–Kier alpha value is -2.80. The summed E-state index contributed by atoms with van der Waals surface area (Å²) in [7, 11) is 2.02. The Morgan fingerprint density at radius 2 is 1.92 bits per heavy atom. The summed E-state index contributed by atoms with van der Waals surface area (Å²) in [4.78, 5) is 10.9. The molecule has 3 heterocycles. The number of aromatic nitrogens is 4. The molecule has 1 atom stereocenters. The first kappa shape index (κ1) is 16.7. The molecule has 0 bridgehead atoms. The van der Waals surface area contributed by atoms with Crippen LogP contribution in [0.1, 0.15) is 23.0 Å². The molecule has 1 unspecified atom stereocenters. The van der Waals surface area contributed by atoms with Gasteiger partial charge in [0.25, 0.3) is 0 Å². The monoisotopic (exact) mass is 351 g/mol. The quantitative estimate of drug-likeness (QED) is 0.699. The van der Waals surface area contributed by atoms with Gasteiger partial charge in [-0.05, 0) is 33.0 Å². The molecule has 0 saturated heterocycles. The maximum Gasteiger partial charge on any atom is 0.247 e. The van der Waals surface area contributed by atoms with E-state index in [4.69, 9.17) is 9.15 Å². The standard InChI is InChI=1S/C19H21N5O2/c1-12-16-9-15(25-19(16)21-13(2)20-12)10-24(3)11-17-22-23-18(26-17)14-7-5-4-6-8-14/h4-8,15H,9-11H2,1-3H3. The topological polar surface area (TPSA) is 77.2 Å². The van der Waals surface area contributed by atoms with Crippen LogP contribution < -0.4 is 4.74 Å². The normalized spacial score (nSPS) is 15.9. The molecule has 0 fully saturated rings. The van der Waals surface area contributed by atoms with Crippen LogP contribution >= 0.6 is 0 Å². The average Bonchev–Trinajstić information content (AvgIpc) is 3.22. The number of hydrogen-bond acceptors (Lipinski definition) is 7. The summed E-state index contributed by atoms with van der Waals surface area (Å²) in [6.07, 6.45) is 0.881. The third kappa shape index (κ3) is 3.43. The molecule has 134 valence electrons. The molecule has 3 aromatic rings. The minimum absolute atomic E-state index is 0.0568. The number of rotatable bonds is 5. The first-order chi connectivity index (χ1) is 12.6. The van der Waals surface area contributed by atoms with Crippen LogP contribution in [0.3, 0.4) is 0 Å². The zero-order valence-corrected chi connectivity index (χ0v) is 15.1. The summed E-state index contributed by atoms with van der Waals surface area (Å²) in [5.41, 5.74) is 3.04. The Balaban J connectivity index is 1.37. The number of aryl methyl sites for hydroxylation is 2. The van der Waals surface area contributed by atoms with Gasteiger partial charge in [-0.2, -0.15) is 4.98 Å². The lowest BCUT2D eigenvalue weighted by molar-refractivity contribution is 0.154. The van der Waals surface area contributed by atoms with Crippen LogP contribution in [0.15, 0.2) is 34.7 Å². The van der Waals surface area contributed by atoms with Crippen LogP contribution in [0, 0.1) is 13.8 Å². The molecular weight excluding hydrogens is 330 g/mol. The second-order valence-electron chi connectivity index (χ2n) is 6.65. The van der Waals surface area contributed by atoms with Gasteiger partial charge in [0.15, 0.2) is 0 Å². The third-order valence-electron chi connectivity index (χ3n) is 4.41. The molecule has 0 spiro atoms. The van der Waals surface area contributed by atoms with E-state index < -0.39 is 0 Å². The number of likely N-dealkylation sites (N-methyl/N-ethyl adjacent to an activating group) is 1. The maximum atomic E-state index is 5.99. The van der Waals surface area contributed by atoms with Crippen LogP contribution in [-0.4, -0.2) is 44.8 Å². The van der Waals surface area contributed by atoms with Gasteiger partial charge in [0.1, 0.15) is 11.9 Å². The van der Waals surface area contributed by atoms with Crippen molar-refractivity contribution >= 4 is 0 Å². The number of fused-ring (bicyclic) bond motifs is 1. The highest BCUT2D eigenvalue weighted by molar-refractivity contribution is 5.51. The highest BCUT2D eigenvalue weighted by atomic mass is 16.5. The first-order valence-corrected chi connectivity index (χ1v) is 8.65. The van der Waals surface area contributed by atoms with Crippen molar-refractivity contribution in [2.75, 3.05) is 13.6 Å². The summed E-state index contributed by atoms with van der Waals surface area (Å²) < 4.78 is 11.8. The lowest BCUT2D eigenvalue weighted by atomic mass is 10.1. The van der Waals surface area contributed by atoms with Crippen molar-refractivity contribution in [1.29, 1.82) is 0 Å². The summed E-state index contributed by atoms with van der Waals surface area (Å²) in [6.45, 7) is 5.21. The van der Waals surface area contributed by atoms with Crippen molar-refractivity contribution in [1.82, 2.24) is 25.1 Å². The lowest BCUT2D eigenvalue weighted by Gasteiger charge is -2.18. The van der Waals surface area contributed by atoms with E-state index in [0.717, 1.165) is 41.5 Å². The SMILES string of the molecule is Cc1nc(C)c2c(n1)OC(CN(C)Cc1nnc(-c3ccccc3)o1)C2. The molecule has 1 aliphatic heterocycles. The van der Waals surface area contributed by atoms with E-state index in [1.165, 1.54) is 0 Å². The van der Waals surface area contributed by atoms with Crippen LogP contribution in [-0.2, 0) is 13.0 Å². The molecular formula is C19H21N5O2. The fraction of sp³-hybridized carbons (Fsp3) is 0.368. The number of benzene rings is 1. The van der Waals surface area contributed by atoms with Crippen LogP contribution in [0.4, 0.5) is 0 Å². The Labute approximate surface area is 152 Å². The van der Waals surface area contributed by atoms with Gasteiger partial charge in [-0.3, -0.25) is 4.90 Å². The van der Waals surface area contributed by atoms with Crippen molar-refractivity contribution in [2.45, 2.75) is 32.9 Å². The maximum absolute atomic E-state index is 5.99. The molecule has 4 rings (SSSR count). The highest BCUT2D eigenvalue weighted by Crippen LogP contribution is 2.29.